The Morgan fingerprint density at radius 1 is 1.04 bits per heavy atom. The van der Waals surface area contributed by atoms with Crippen LogP contribution in [0.3, 0.4) is 0 Å². The Morgan fingerprint density at radius 3 is 2.24 bits per heavy atom. The second-order valence-corrected chi connectivity index (χ2v) is 5.86. The highest BCUT2D eigenvalue weighted by Gasteiger charge is 2.18. The fraction of sp³-hybridized carbons (Fsp3) is 0.211. The molecule has 2 rings (SSSR count). The number of carbonyl (C=O) groups is 1. The molecule has 0 saturated carbocycles. The summed E-state index contributed by atoms with van der Waals surface area (Å²) in [6.45, 7) is 6.77. The van der Waals surface area contributed by atoms with Gasteiger partial charge in [0.2, 0.25) is 5.75 Å². The van der Waals surface area contributed by atoms with Crippen LogP contribution in [0, 0.1) is 30.9 Å². The summed E-state index contributed by atoms with van der Waals surface area (Å²) in [5, 5.41) is 21.2. The normalized spacial score (nSPS) is 10.9. The van der Waals surface area contributed by atoms with Gasteiger partial charge in [-0.25, -0.2) is 0 Å². The molecule has 0 spiro atoms. The number of ether oxygens (including phenoxy) is 1. The first-order valence-corrected chi connectivity index (χ1v) is 7.64. The van der Waals surface area contributed by atoms with Crippen molar-refractivity contribution in [3.8, 4) is 11.5 Å². The molecule has 0 aliphatic carbocycles. The van der Waals surface area contributed by atoms with Gasteiger partial charge in [-0.05, 0) is 61.2 Å². The Kier molecular flexibility index (Phi) is 5.22. The van der Waals surface area contributed by atoms with Gasteiger partial charge in [-0.3, -0.25) is 14.9 Å². The number of esters is 1. The largest absolute Gasteiger partial charge is 0.507 e. The van der Waals surface area contributed by atoms with Gasteiger partial charge in [-0.15, -0.1) is 0 Å². The molecule has 6 nitrogen and oxygen atoms in total. The first kappa shape index (κ1) is 18.2. The van der Waals surface area contributed by atoms with Gasteiger partial charge in [0, 0.05) is 18.6 Å². The van der Waals surface area contributed by atoms with E-state index in [4.69, 9.17) is 4.74 Å². The first-order valence-electron chi connectivity index (χ1n) is 7.64. The lowest BCUT2D eigenvalue weighted by molar-refractivity contribution is -0.385. The van der Waals surface area contributed by atoms with Crippen molar-refractivity contribution in [2.24, 2.45) is 0 Å². The Hall–Kier alpha value is -3.15. The molecule has 0 saturated heterocycles. The van der Waals surface area contributed by atoms with Crippen LogP contribution in [0.5, 0.6) is 11.5 Å². The van der Waals surface area contributed by atoms with E-state index in [1.165, 1.54) is 19.1 Å². The van der Waals surface area contributed by atoms with Crippen molar-refractivity contribution in [2.75, 3.05) is 0 Å². The Bertz CT molecular complexity index is 884. The number of aromatic hydroxyl groups is 1. The van der Waals surface area contributed by atoms with E-state index in [0.29, 0.717) is 16.7 Å². The van der Waals surface area contributed by atoms with E-state index in [2.05, 4.69) is 0 Å². The molecule has 2 aromatic rings. The first-order chi connectivity index (χ1) is 11.7. The maximum absolute atomic E-state index is 11.2. The summed E-state index contributed by atoms with van der Waals surface area (Å²) in [7, 11) is 0. The van der Waals surface area contributed by atoms with Gasteiger partial charge >= 0.3 is 11.7 Å². The molecule has 0 amide bonds. The van der Waals surface area contributed by atoms with Crippen LogP contribution in [0.4, 0.5) is 5.69 Å². The minimum absolute atomic E-state index is 0.105. The SMILES string of the molecule is CC(=O)Oc1cc(/C=C/c2cc(C)c(C)cc2O)c(C)cc1[N+](=O)[O-]. The molecule has 0 radical (unpaired) electrons. The third-order valence-electron chi connectivity index (χ3n) is 3.88. The minimum atomic E-state index is -0.631. The monoisotopic (exact) mass is 341 g/mol. The quantitative estimate of drug-likeness (QED) is 0.294. The lowest BCUT2D eigenvalue weighted by Gasteiger charge is -2.08. The molecule has 0 heterocycles. The highest BCUT2D eigenvalue weighted by atomic mass is 16.6. The van der Waals surface area contributed by atoms with Crippen LogP contribution in [0.25, 0.3) is 12.2 Å². The third kappa shape index (κ3) is 4.23. The van der Waals surface area contributed by atoms with Gasteiger partial charge in [0.15, 0.2) is 0 Å². The molecule has 6 heteroatoms. The summed E-state index contributed by atoms with van der Waals surface area (Å²) >= 11 is 0. The van der Waals surface area contributed by atoms with E-state index in [1.54, 1.807) is 25.1 Å². The summed E-state index contributed by atoms with van der Waals surface area (Å²) < 4.78 is 4.95. The smallest absolute Gasteiger partial charge is 0.311 e. The van der Waals surface area contributed by atoms with Crippen molar-refractivity contribution in [2.45, 2.75) is 27.7 Å². The van der Waals surface area contributed by atoms with E-state index >= 15 is 0 Å². The molecule has 0 aromatic heterocycles. The number of phenols is 1. The number of phenolic OH excluding ortho intramolecular Hbond substituents is 1. The molecule has 0 bridgehead atoms. The predicted molar refractivity (Wildman–Crippen MR) is 95.7 cm³/mol. The lowest BCUT2D eigenvalue weighted by atomic mass is 10.0. The topological polar surface area (TPSA) is 89.7 Å². The number of hydrogen-bond donors (Lipinski definition) is 1. The number of nitro groups is 1. The molecule has 0 fully saturated rings. The summed E-state index contributed by atoms with van der Waals surface area (Å²) in [6, 6.07) is 6.35. The summed E-state index contributed by atoms with van der Waals surface area (Å²) in [6.07, 6.45) is 3.43. The van der Waals surface area contributed by atoms with Crippen molar-refractivity contribution in [3.63, 3.8) is 0 Å². The summed E-state index contributed by atoms with van der Waals surface area (Å²) in [5.74, 6) is -0.583. The fourth-order valence-corrected chi connectivity index (χ4v) is 2.38. The molecule has 25 heavy (non-hydrogen) atoms. The van der Waals surface area contributed by atoms with Gasteiger partial charge in [-0.2, -0.15) is 0 Å². The minimum Gasteiger partial charge on any atom is -0.507 e. The molecule has 0 aliphatic heterocycles. The maximum atomic E-state index is 11.2. The number of rotatable bonds is 4. The average molecular weight is 341 g/mol. The van der Waals surface area contributed by atoms with Crippen molar-refractivity contribution in [3.05, 3.63) is 62.2 Å². The van der Waals surface area contributed by atoms with Crippen molar-refractivity contribution < 1.29 is 19.6 Å². The number of carbonyl (C=O) groups excluding carboxylic acids is 1. The van der Waals surface area contributed by atoms with Crippen LogP contribution in [0.2, 0.25) is 0 Å². The second kappa shape index (κ2) is 7.17. The lowest BCUT2D eigenvalue weighted by Crippen LogP contribution is -2.05. The second-order valence-electron chi connectivity index (χ2n) is 5.86. The number of nitro benzene ring substituents is 1. The molecular formula is C19H19NO5. The van der Waals surface area contributed by atoms with Crippen LogP contribution < -0.4 is 4.74 Å². The number of benzene rings is 2. The fourth-order valence-electron chi connectivity index (χ4n) is 2.38. The Labute approximate surface area is 145 Å². The molecular weight excluding hydrogens is 322 g/mol. The van der Waals surface area contributed by atoms with Crippen LogP contribution >= 0.6 is 0 Å². The van der Waals surface area contributed by atoms with Crippen LogP contribution in [0.1, 0.15) is 34.7 Å². The van der Waals surface area contributed by atoms with Crippen molar-refractivity contribution >= 4 is 23.8 Å². The van der Waals surface area contributed by atoms with E-state index in [0.717, 1.165) is 11.1 Å². The van der Waals surface area contributed by atoms with E-state index in [1.807, 2.05) is 19.9 Å². The van der Waals surface area contributed by atoms with E-state index in [-0.39, 0.29) is 17.2 Å². The molecule has 2 aromatic carbocycles. The van der Waals surface area contributed by atoms with Crippen LogP contribution in [-0.4, -0.2) is 16.0 Å². The number of hydrogen-bond acceptors (Lipinski definition) is 5. The summed E-state index contributed by atoms with van der Waals surface area (Å²) in [4.78, 5) is 21.7. The predicted octanol–water partition coefficient (Wildman–Crippen LogP) is 4.32. The number of nitrogens with zero attached hydrogens (tertiary/aromatic N) is 1. The van der Waals surface area contributed by atoms with Gasteiger partial charge in [0.25, 0.3) is 0 Å². The van der Waals surface area contributed by atoms with E-state index < -0.39 is 10.9 Å². The standard InChI is InChI=1S/C19H19NO5/c1-11-7-16(18(22)9-12(11)2)6-5-15-10-19(25-14(4)21)17(20(23)24)8-13(15)3/h5-10,22H,1-4H3/b6-5+. The Morgan fingerprint density at radius 2 is 1.64 bits per heavy atom. The Balaban J connectivity index is 2.47. The maximum Gasteiger partial charge on any atom is 0.311 e. The van der Waals surface area contributed by atoms with Gasteiger partial charge in [-0.1, -0.05) is 12.2 Å². The van der Waals surface area contributed by atoms with Crippen molar-refractivity contribution in [1.82, 2.24) is 0 Å². The van der Waals surface area contributed by atoms with Crippen LogP contribution in [0.15, 0.2) is 24.3 Å². The zero-order chi connectivity index (χ0) is 18.7. The molecule has 130 valence electrons. The average Bonchev–Trinajstić information content (AvgIpc) is 2.51. The van der Waals surface area contributed by atoms with E-state index in [9.17, 15) is 20.0 Å². The third-order valence-corrected chi connectivity index (χ3v) is 3.88. The highest BCUT2D eigenvalue weighted by Crippen LogP contribution is 2.32. The molecule has 0 atom stereocenters. The summed E-state index contributed by atoms with van der Waals surface area (Å²) in [5.41, 5.74) is 3.70. The van der Waals surface area contributed by atoms with Gasteiger partial charge in [0.05, 0.1) is 4.92 Å². The highest BCUT2D eigenvalue weighted by molar-refractivity contribution is 5.77. The molecule has 0 unspecified atom stereocenters. The number of aryl methyl sites for hydroxylation is 3. The van der Waals surface area contributed by atoms with Gasteiger partial charge < -0.3 is 9.84 Å². The van der Waals surface area contributed by atoms with Crippen molar-refractivity contribution in [1.29, 1.82) is 0 Å². The molecule has 1 N–H and O–H groups in total. The zero-order valence-electron chi connectivity index (χ0n) is 14.5. The van der Waals surface area contributed by atoms with Crippen LogP contribution in [-0.2, 0) is 4.79 Å². The zero-order valence-corrected chi connectivity index (χ0v) is 14.5. The molecule has 0 aliphatic rings. The van der Waals surface area contributed by atoms with Gasteiger partial charge in [0.1, 0.15) is 5.75 Å².